The van der Waals surface area contributed by atoms with Crippen molar-refractivity contribution in [2.75, 3.05) is 13.2 Å². The first-order chi connectivity index (χ1) is 8.90. The third-order valence-corrected chi connectivity index (χ3v) is 3.33. The molecule has 0 radical (unpaired) electrons. The molecular weight excluding hydrogens is 222 g/mol. The fourth-order valence-electron chi connectivity index (χ4n) is 2.43. The molecule has 0 fully saturated rings. The van der Waals surface area contributed by atoms with E-state index in [0.29, 0.717) is 6.04 Å². The molecule has 0 bridgehead atoms. The topological polar surface area (TPSA) is 21.3 Å². The van der Waals surface area contributed by atoms with Crippen molar-refractivity contribution in [1.82, 2.24) is 5.32 Å². The highest BCUT2D eigenvalue weighted by Gasteiger charge is 2.17. The molecule has 1 aromatic carbocycles. The number of likely N-dealkylation sites (N-methyl/N-ethyl adjacent to an activating group) is 1. The molecule has 0 aromatic heterocycles. The van der Waals surface area contributed by atoms with E-state index >= 15 is 0 Å². The van der Waals surface area contributed by atoms with Crippen LogP contribution in [0.1, 0.15) is 31.7 Å². The molecule has 1 aliphatic rings. The number of hydrogen-bond acceptors (Lipinski definition) is 2. The van der Waals surface area contributed by atoms with Crippen molar-refractivity contribution >= 4 is 0 Å². The zero-order chi connectivity index (χ0) is 12.6. The second-order valence-electron chi connectivity index (χ2n) is 4.73. The molecule has 2 rings (SSSR count). The van der Waals surface area contributed by atoms with Crippen molar-refractivity contribution in [2.45, 2.75) is 38.6 Å². The molecule has 1 atom stereocenters. The Labute approximate surface area is 110 Å². The Balaban J connectivity index is 1.79. The number of aryl methyl sites for hydroxylation is 1. The molecule has 2 heteroatoms. The second kappa shape index (κ2) is 7.22. The van der Waals surface area contributed by atoms with Crippen LogP contribution in [0.15, 0.2) is 42.2 Å². The van der Waals surface area contributed by atoms with Crippen LogP contribution in [0.5, 0.6) is 0 Å². The van der Waals surface area contributed by atoms with Crippen LogP contribution in [-0.2, 0) is 11.2 Å². The van der Waals surface area contributed by atoms with Gasteiger partial charge in [-0.1, -0.05) is 37.3 Å². The predicted octanol–water partition coefficient (Wildman–Crippen LogP) is 3.29. The van der Waals surface area contributed by atoms with Gasteiger partial charge in [-0.05, 0) is 37.4 Å². The third-order valence-electron chi connectivity index (χ3n) is 3.33. The van der Waals surface area contributed by atoms with Crippen LogP contribution in [0.25, 0.3) is 0 Å². The Bertz CT molecular complexity index is 372. The summed E-state index contributed by atoms with van der Waals surface area (Å²) in [4.78, 5) is 0. The number of ether oxygens (including phenoxy) is 1. The minimum atomic E-state index is 0.404. The minimum absolute atomic E-state index is 0.404. The van der Waals surface area contributed by atoms with E-state index in [4.69, 9.17) is 4.74 Å². The molecule has 1 N–H and O–H groups in total. The van der Waals surface area contributed by atoms with Gasteiger partial charge < -0.3 is 10.1 Å². The van der Waals surface area contributed by atoms with Gasteiger partial charge in [-0.15, -0.1) is 0 Å². The zero-order valence-corrected chi connectivity index (χ0v) is 11.2. The molecule has 98 valence electrons. The summed E-state index contributed by atoms with van der Waals surface area (Å²) in [6.07, 6.45) is 6.79. The normalized spacial score (nSPS) is 16.2. The first kappa shape index (κ1) is 13.2. The fraction of sp³-hybridized carbons (Fsp3) is 0.500. The monoisotopic (exact) mass is 245 g/mol. The number of nitrogens with one attached hydrogen (secondary N) is 1. The van der Waals surface area contributed by atoms with E-state index in [-0.39, 0.29) is 0 Å². The van der Waals surface area contributed by atoms with Crippen LogP contribution in [0, 0.1) is 0 Å². The van der Waals surface area contributed by atoms with E-state index in [1.54, 1.807) is 0 Å². The maximum absolute atomic E-state index is 5.67. The van der Waals surface area contributed by atoms with Crippen LogP contribution >= 0.6 is 0 Å². The largest absolute Gasteiger partial charge is 0.496 e. The molecule has 0 spiro atoms. The maximum Gasteiger partial charge on any atom is 0.109 e. The molecule has 1 aromatic rings. The highest BCUT2D eigenvalue weighted by Crippen LogP contribution is 2.18. The molecule has 0 saturated heterocycles. The third kappa shape index (κ3) is 3.88. The maximum atomic E-state index is 5.67. The van der Waals surface area contributed by atoms with Gasteiger partial charge >= 0.3 is 0 Å². The van der Waals surface area contributed by atoms with E-state index in [1.165, 1.54) is 12.0 Å². The molecule has 0 saturated carbocycles. The first-order valence-corrected chi connectivity index (χ1v) is 7.00. The minimum Gasteiger partial charge on any atom is -0.496 e. The van der Waals surface area contributed by atoms with Crippen molar-refractivity contribution in [1.29, 1.82) is 0 Å². The van der Waals surface area contributed by atoms with E-state index in [0.717, 1.165) is 38.2 Å². The van der Waals surface area contributed by atoms with Crippen molar-refractivity contribution in [2.24, 2.45) is 0 Å². The number of benzene rings is 1. The predicted molar refractivity (Wildman–Crippen MR) is 75.5 cm³/mol. The fourth-order valence-corrected chi connectivity index (χ4v) is 2.43. The summed E-state index contributed by atoms with van der Waals surface area (Å²) in [5, 5.41) is 3.52. The van der Waals surface area contributed by atoms with Crippen molar-refractivity contribution < 1.29 is 4.74 Å². The van der Waals surface area contributed by atoms with Crippen LogP contribution in [0.4, 0.5) is 0 Å². The zero-order valence-electron chi connectivity index (χ0n) is 11.2. The Hall–Kier alpha value is -1.28. The smallest absolute Gasteiger partial charge is 0.109 e. The first-order valence-electron chi connectivity index (χ1n) is 7.00. The lowest BCUT2D eigenvalue weighted by atomic mass is 10.0. The lowest BCUT2D eigenvalue weighted by Crippen LogP contribution is -2.31. The van der Waals surface area contributed by atoms with Gasteiger partial charge in [-0.2, -0.15) is 0 Å². The Morgan fingerprint density at radius 1 is 1.28 bits per heavy atom. The highest BCUT2D eigenvalue weighted by molar-refractivity contribution is 5.15. The number of rotatable bonds is 7. The summed E-state index contributed by atoms with van der Waals surface area (Å²) in [6.45, 7) is 4.01. The highest BCUT2D eigenvalue weighted by atomic mass is 16.5. The van der Waals surface area contributed by atoms with Gasteiger partial charge in [0.1, 0.15) is 5.76 Å². The quantitative estimate of drug-likeness (QED) is 0.796. The molecule has 0 amide bonds. The van der Waals surface area contributed by atoms with Crippen LogP contribution in [0.2, 0.25) is 0 Å². The average molecular weight is 245 g/mol. The van der Waals surface area contributed by atoms with E-state index in [2.05, 4.69) is 48.6 Å². The van der Waals surface area contributed by atoms with E-state index in [9.17, 15) is 0 Å². The summed E-state index contributed by atoms with van der Waals surface area (Å²) in [5.74, 6) is 1.16. The Morgan fingerprint density at radius 3 is 2.78 bits per heavy atom. The van der Waals surface area contributed by atoms with Crippen molar-refractivity contribution in [3.05, 3.63) is 47.7 Å². The summed E-state index contributed by atoms with van der Waals surface area (Å²) in [6, 6.07) is 11.1. The van der Waals surface area contributed by atoms with Crippen LogP contribution in [-0.4, -0.2) is 19.2 Å². The van der Waals surface area contributed by atoms with Gasteiger partial charge in [-0.3, -0.25) is 0 Å². The number of hydrogen-bond donors (Lipinski definition) is 1. The SMILES string of the molecule is CCNC(CCCc1ccccc1)C1=CCCO1. The van der Waals surface area contributed by atoms with Crippen molar-refractivity contribution in [3.8, 4) is 0 Å². The standard InChI is InChI=1S/C16H23NO/c1-2-17-15(16-12-7-13-18-16)11-6-10-14-8-4-3-5-9-14/h3-5,8-9,12,15,17H,2,6-7,10-11,13H2,1H3. The molecule has 2 nitrogen and oxygen atoms in total. The summed E-state index contributed by atoms with van der Waals surface area (Å²) < 4.78 is 5.67. The molecule has 1 heterocycles. The lowest BCUT2D eigenvalue weighted by Gasteiger charge is -2.19. The van der Waals surface area contributed by atoms with Gasteiger partial charge in [0, 0.05) is 6.42 Å². The molecule has 0 aliphatic carbocycles. The van der Waals surface area contributed by atoms with Crippen LogP contribution < -0.4 is 5.32 Å². The van der Waals surface area contributed by atoms with Gasteiger partial charge in [-0.25, -0.2) is 0 Å². The lowest BCUT2D eigenvalue weighted by molar-refractivity contribution is 0.211. The second-order valence-corrected chi connectivity index (χ2v) is 4.73. The van der Waals surface area contributed by atoms with Gasteiger partial charge in [0.2, 0.25) is 0 Å². The molecule has 1 unspecified atom stereocenters. The molecule has 1 aliphatic heterocycles. The summed E-state index contributed by atoms with van der Waals surface area (Å²) in [5.41, 5.74) is 1.43. The molecular formula is C16H23NO. The van der Waals surface area contributed by atoms with Gasteiger partial charge in [0.25, 0.3) is 0 Å². The average Bonchev–Trinajstić information content (AvgIpc) is 2.93. The molecule has 18 heavy (non-hydrogen) atoms. The summed E-state index contributed by atoms with van der Waals surface area (Å²) >= 11 is 0. The van der Waals surface area contributed by atoms with Gasteiger partial charge in [0.15, 0.2) is 0 Å². The van der Waals surface area contributed by atoms with Gasteiger partial charge in [0.05, 0.1) is 12.6 Å². The van der Waals surface area contributed by atoms with Crippen molar-refractivity contribution in [3.63, 3.8) is 0 Å². The summed E-state index contributed by atoms with van der Waals surface area (Å²) in [7, 11) is 0. The van der Waals surface area contributed by atoms with E-state index < -0.39 is 0 Å². The van der Waals surface area contributed by atoms with E-state index in [1.807, 2.05) is 0 Å². The van der Waals surface area contributed by atoms with Crippen LogP contribution in [0.3, 0.4) is 0 Å². The Kier molecular flexibility index (Phi) is 5.28. The Morgan fingerprint density at radius 2 is 2.11 bits per heavy atom.